The Hall–Kier alpha value is -0.720. The molecule has 1 nitrogen and oxygen atoms in total. The third kappa shape index (κ3) is 4.19. The summed E-state index contributed by atoms with van der Waals surface area (Å²) in [6, 6.07) is 0. The molecule has 1 heteroatoms. The average molecular weight is 139 g/mol. The third-order valence-electron chi connectivity index (χ3n) is 1.58. The molecule has 0 spiro atoms. The summed E-state index contributed by atoms with van der Waals surface area (Å²) in [5.41, 5.74) is 0. The molecule has 0 heterocycles. The van der Waals surface area contributed by atoms with Crippen LogP contribution in [0.2, 0.25) is 0 Å². The first-order valence-corrected chi connectivity index (χ1v) is 3.73. The van der Waals surface area contributed by atoms with Crippen LogP contribution in [0.1, 0.15) is 20.3 Å². The van der Waals surface area contributed by atoms with Gasteiger partial charge in [-0.3, -0.25) is 0 Å². The van der Waals surface area contributed by atoms with E-state index in [2.05, 4.69) is 26.5 Å². The van der Waals surface area contributed by atoms with Crippen molar-refractivity contribution in [2.75, 3.05) is 7.05 Å². The zero-order chi connectivity index (χ0) is 7.98. The monoisotopic (exact) mass is 139 g/mol. The highest BCUT2D eigenvalue weighted by molar-refractivity contribution is 4.88. The van der Waals surface area contributed by atoms with Gasteiger partial charge in [0.25, 0.3) is 0 Å². The first-order chi connectivity index (χ1) is 4.70. The van der Waals surface area contributed by atoms with Crippen molar-refractivity contribution in [3.63, 3.8) is 0 Å². The summed E-state index contributed by atoms with van der Waals surface area (Å²) < 4.78 is 0. The van der Waals surface area contributed by atoms with Crippen LogP contribution in [0.3, 0.4) is 0 Å². The van der Waals surface area contributed by atoms with E-state index >= 15 is 0 Å². The Morgan fingerprint density at radius 2 is 2.20 bits per heavy atom. The van der Waals surface area contributed by atoms with Crippen molar-refractivity contribution in [1.29, 1.82) is 0 Å². The van der Waals surface area contributed by atoms with Crippen molar-refractivity contribution in [3.05, 3.63) is 25.1 Å². The van der Waals surface area contributed by atoms with Crippen LogP contribution in [-0.2, 0) is 0 Å². The maximum Gasteiger partial charge on any atom is 0.0106 e. The van der Waals surface area contributed by atoms with E-state index in [0.717, 1.165) is 0 Å². The average Bonchev–Trinajstić information content (AvgIpc) is 1.99. The first kappa shape index (κ1) is 9.28. The molecule has 0 N–H and O–H groups in total. The molecular weight excluding hydrogens is 122 g/mol. The Morgan fingerprint density at radius 3 is 2.60 bits per heavy atom. The molecule has 0 aromatic rings. The van der Waals surface area contributed by atoms with Crippen molar-refractivity contribution in [2.24, 2.45) is 5.92 Å². The lowest BCUT2D eigenvalue weighted by Crippen LogP contribution is -1.99. The van der Waals surface area contributed by atoms with Gasteiger partial charge in [-0.05, 0) is 18.3 Å². The topological polar surface area (TPSA) is 3.24 Å². The fourth-order valence-corrected chi connectivity index (χ4v) is 0.480. The van der Waals surface area contributed by atoms with Crippen molar-refractivity contribution in [1.82, 2.24) is 4.90 Å². The van der Waals surface area contributed by atoms with Gasteiger partial charge in [0.2, 0.25) is 0 Å². The van der Waals surface area contributed by atoms with Gasteiger partial charge in [0.15, 0.2) is 0 Å². The van der Waals surface area contributed by atoms with Gasteiger partial charge in [-0.15, -0.1) is 0 Å². The molecule has 0 saturated carbocycles. The van der Waals surface area contributed by atoms with Crippen LogP contribution in [0.4, 0.5) is 0 Å². The number of nitrogens with zero attached hydrogens (tertiary/aromatic N) is 1. The fraction of sp³-hybridized carbons (Fsp3) is 0.556. The smallest absolute Gasteiger partial charge is 0.0106 e. The molecule has 1 atom stereocenters. The minimum Gasteiger partial charge on any atom is -0.358 e. The Labute approximate surface area is 64.0 Å². The van der Waals surface area contributed by atoms with Crippen LogP contribution >= 0.6 is 0 Å². The molecule has 0 amide bonds. The first-order valence-electron chi connectivity index (χ1n) is 3.73. The number of hydrogen-bond acceptors (Lipinski definition) is 1. The molecule has 0 bridgehead atoms. The lowest BCUT2D eigenvalue weighted by Gasteiger charge is -2.06. The summed E-state index contributed by atoms with van der Waals surface area (Å²) in [5.74, 6) is 0.669. The molecule has 0 aromatic heterocycles. The highest BCUT2D eigenvalue weighted by Crippen LogP contribution is 2.02. The predicted molar refractivity (Wildman–Crippen MR) is 46.6 cm³/mol. The molecule has 0 saturated heterocycles. The van der Waals surface area contributed by atoms with Crippen LogP contribution < -0.4 is 0 Å². The standard InChI is InChI=1S/C9H17N/c1-5-9(3)7-8-10(4)6-2/h6-9H,2,5H2,1,3-4H3. The van der Waals surface area contributed by atoms with E-state index in [1.807, 2.05) is 18.1 Å². The molecule has 1 unspecified atom stereocenters. The molecule has 0 aromatic carbocycles. The molecule has 10 heavy (non-hydrogen) atoms. The minimum atomic E-state index is 0.669. The Kier molecular flexibility index (Phi) is 4.73. The molecule has 0 aliphatic rings. The Balaban J connectivity index is 3.62. The third-order valence-corrected chi connectivity index (χ3v) is 1.58. The van der Waals surface area contributed by atoms with Gasteiger partial charge >= 0.3 is 0 Å². The molecule has 58 valence electrons. The highest BCUT2D eigenvalue weighted by atomic mass is 15.0. The van der Waals surface area contributed by atoms with Crippen molar-refractivity contribution in [3.8, 4) is 0 Å². The normalized spacial score (nSPS) is 13.5. The largest absolute Gasteiger partial charge is 0.358 e. The zero-order valence-electron chi connectivity index (χ0n) is 7.17. The highest BCUT2D eigenvalue weighted by Gasteiger charge is 1.89. The van der Waals surface area contributed by atoms with E-state index in [1.165, 1.54) is 6.42 Å². The van der Waals surface area contributed by atoms with Gasteiger partial charge in [-0.25, -0.2) is 0 Å². The Bertz CT molecular complexity index is 116. The lowest BCUT2D eigenvalue weighted by atomic mass is 10.1. The van der Waals surface area contributed by atoms with E-state index in [9.17, 15) is 0 Å². The molecule has 0 radical (unpaired) electrons. The Morgan fingerprint density at radius 1 is 1.60 bits per heavy atom. The SMILES string of the molecule is C=CN(C)C=CC(C)CC. The van der Waals surface area contributed by atoms with Crippen LogP contribution in [0.5, 0.6) is 0 Å². The van der Waals surface area contributed by atoms with Crippen LogP contribution in [0, 0.1) is 5.92 Å². The second kappa shape index (κ2) is 5.10. The van der Waals surface area contributed by atoms with E-state index < -0.39 is 0 Å². The number of allylic oxidation sites excluding steroid dienone is 1. The van der Waals surface area contributed by atoms with Gasteiger partial charge in [0.1, 0.15) is 0 Å². The summed E-state index contributed by atoms with van der Waals surface area (Å²) in [6.45, 7) is 8.02. The van der Waals surface area contributed by atoms with E-state index in [1.54, 1.807) is 6.20 Å². The summed E-state index contributed by atoms with van der Waals surface area (Å²) in [4.78, 5) is 1.95. The van der Waals surface area contributed by atoms with Crippen molar-refractivity contribution in [2.45, 2.75) is 20.3 Å². The minimum absolute atomic E-state index is 0.669. The quantitative estimate of drug-likeness (QED) is 0.578. The van der Waals surface area contributed by atoms with Gasteiger partial charge in [0, 0.05) is 7.05 Å². The maximum absolute atomic E-state index is 3.64. The second-order valence-corrected chi connectivity index (χ2v) is 2.58. The van der Waals surface area contributed by atoms with Crippen molar-refractivity contribution < 1.29 is 0 Å². The van der Waals surface area contributed by atoms with Gasteiger partial charge in [0.05, 0.1) is 0 Å². The van der Waals surface area contributed by atoms with Gasteiger partial charge in [-0.2, -0.15) is 0 Å². The zero-order valence-corrected chi connectivity index (χ0v) is 7.17. The summed E-state index contributed by atoms with van der Waals surface area (Å²) >= 11 is 0. The molecule has 0 fully saturated rings. The molecular formula is C9H17N. The van der Waals surface area contributed by atoms with Crippen LogP contribution in [0.15, 0.2) is 25.1 Å². The number of rotatable bonds is 4. The van der Waals surface area contributed by atoms with Crippen LogP contribution in [-0.4, -0.2) is 11.9 Å². The maximum atomic E-state index is 3.64. The fourth-order valence-electron chi connectivity index (χ4n) is 0.480. The van der Waals surface area contributed by atoms with Gasteiger partial charge in [-0.1, -0.05) is 32.9 Å². The molecule has 0 rings (SSSR count). The van der Waals surface area contributed by atoms with Crippen molar-refractivity contribution >= 4 is 0 Å². The number of hydrogen-bond donors (Lipinski definition) is 0. The lowest BCUT2D eigenvalue weighted by molar-refractivity contribution is 0.605. The van der Waals surface area contributed by atoms with E-state index in [-0.39, 0.29) is 0 Å². The molecule has 0 aliphatic heterocycles. The van der Waals surface area contributed by atoms with Gasteiger partial charge < -0.3 is 4.90 Å². The molecule has 0 aliphatic carbocycles. The van der Waals surface area contributed by atoms with E-state index in [4.69, 9.17) is 0 Å². The summed E-state index contributed by atoms with van der Waals surface area (Å²) in [5, 5.41) is 0. The summed E-state index contributed by atoms with van der Waals surface area (Å²) in [6.07, 6.45) is 7.21. The summed E-state index contributed by atoms with van der Waals surface area (Å²) in [7, 11) is 1.98. The van der Waals surface area contributed by atoms with Crippen LogP contribution in [0.25, 0.3) is 0 Å². The van der Waals surface area contributed by atoms with E-state index in [0.29, 0.717) is 5.92 Å². The second-order valence-electron chi connectivity index (χ2n) is 2.58. The predicted octanol–water partition coefficient (Wildman–Crippen LogP) is 2.62.